The minimum Gasteiger partial charge on any atom is -0.531 e. The molecule has 1 saturated heterocycles. The van der Waals surface area contributed by atoms with E-state index >= 15 is 0 Å². The highest BCUT2D eigenvalue weighted by molar-refractivity contribution is 6.52. The van der Waals surface area contributed by atoms with E-state index in [4.69, 9.17) is 9.92 Å². The Labute approximate surface area is 156 Å². The lowest BCUT2D eigenvalue weighted by atomic mass is 9.68. The summed E-state index contributed by atoms with van der Waals surface area (Å²) in [7, 11) is -0.983. The van der Waals surface area contributed by atoms with Crippen molar-refractivity contribution in [2.24, 2.45) is 11.8 Å². The van der Waals surface area contributed by atoms with Crippen molar-refractivity contribution in [3.8, 4) is 11.8 Å². The summed E-state index contributed by atoms with van der Waals surface area (Å²) in [5.41, 5.74) is 2.81. The van der Waals surface area contributed by atoms with Crippen molar-refractivity contribution >= 4 is 29.8 Å². The molecule has 0 radical (unpaired) electrons. The molecule has 3 N–H and O–H groups in total. The predicted molar refractivity (Wildman–Crippen MR) is 98.4 cm³/mol. The Balaban J connectivity index is 1.29. The van der Waals surface area contributed by atoms with Gasteiger partial charge in [-0.2, -0.15) is 5.26 Å². The number of rotatable bonds is 2. The van der Waals surface area contributed by atoms with Crippen LogP contribution in [-0.2, 0) is 0 Å². The van der Waals surface area contributed by atoms with Crippen LogP contribution in [0.2, 0.25) is 0 Å². The summed E-state index contributed by atoms with van der Waals surface area (Å²) in [6, 6.07) is 4.15. The number of fused-ring (bicyclic) bond motifs is 3. The minimum absolute atomic E-state index is 0.0346. The molecule has 2 aromatic rings. The van der Waals surface area contributed by atoms with Crippen molar-refractivity contribution < 1.29 is 14.5 Å². The van der Waals surface area contributed by atoms with Gasteiger partial charge in [0.05, 0.1) is 18.2 Å². The second-order valence-corrected chi connectivity index (χ2v) is 7.41. The highest BCUT2D eigenvalue weighted by Gasteiger charge is 2.39. The molecular weight excluding hydrogens is 345 g/mol. The lowest BCUT2D eigenvalue weighted by Crippen LogP contribution is -2.57. The molecule has 0 spiro atoms. The van der Waals surface area contributed by atoms with Gasteiger partial charge in [-0.15, -0.1) is 0 Å². The molecule has 2 amide bonds. The van der Waals surface area contributed by atoms with Crippen LogP contribution in [0.1, 0.15) is 18.4 Å². The zero-order valence-electron chi connectivity index (χ0n) is 14.6. The van der Waals surface area contributed by atoms with E-state index in [0.29, 0.717) is 18.8 Å². The molecule has 2 aliphatic heterocycles. The molecule has 2 aromatic heterocycles. The normalized spacial score (nSPS) is 24.2. The third-order valence-electron chi connectivity index (χ3n) is 5.67. The first kappa shape index (κ1) is 16.2. The molecule has 0 bridgehead atoms. The van der Waals surface area contributed by atoms with E-state index in [-0.39, 0.29) is 23.9 Å². The Bertz CT molecular complexity index is 985. The van der Waals surface area contributed by atoms with Crippen LogP contribution >= 0.6 is 0 Å². The third kappa shape index (κ3) is 2.64. The van der Waals surface area contributed by atoms with Crippen LogP contribution in [0.4, 0.5) is 4.79 Å². The van der Waals surface area contributed by atoms with Gasteiger partial charge >= 0.3 is 13.1 Å². The topological polar surface area (TPSA) is 114 Å². The van der Waals surface area contributed by atoms with E-state index in [1.165, 1.54) is 0 Å². The summed E-state index contributed by atoms with van der Waals surface area (Å²) < 4.78 is 5.52. The Hall–Kier alpha value is -2.99. The number of hydrogen-bond acceptors (Lipinski definition) is 5. The average Bonchev–Trinajstić information content (AvgIpc) is 3.04. The van der Waals surface area contributed by atoms with Gasteiger partial charge in [0.25, 0.3) is 0 Å². The number of likely N-dealkylation sites (tertiary alicyclic amines) is 1. The second kappa shape index (κ2) is 6.03. The summed E-state index contributed by atoms with van der Waals surface area (Å²) in [5.74, 6) is 2.55. The SMILES string of the molecule is N#CC1CN(C(=O)N[C@H]2C[C@@H](C3=CB(O)Oc4cnc5[nH]ccc5c43)C2)C1. The van der Waals surface area contributed by atoms with Gasteiger partial charge in [-0.05, 0) is 36.4 Å². The number of aromatic nitrogens is 2. The molecule has 3 aliphatic rings. The van der Waals surface area contributed by atoms with Gasteiger partial charge < -0.3 is 24.9 Å². The maximum Gasteiger partial charge on any atom is 0.552 e. The number of pyridine rings is 1. The molecule has 27 heavy (non-hydrogen) atoms. The monoisotopic (exact) mass is 363 g/mol. The molecule has 5 rings (SSSR count). The Morgan fingerprint density at radius 2 is 2.30 bits per heavy atom. The van der Waals surface area contributed by atoms with Gasteiger partial charge in [0.1, 0.15) is 11.4 Å². The van der Waals surface area contributed by atoms with Crippen LogP contribution < -0.4 is 9.97 Å². The van der Waals surface area contributed by atoms with Crippen molar-refractivity contribution in [2.45, 2.75) is 18.9 Å². The first-order chi connectivity index (χ1) is 13.1. The maximum atomic E-state index is 12.2. The molecule has 8 nitrogen and oxygen atoms in total. The quantitative estimate of drug-likeness (QED) is 0.696. The molecule has 4 heterocycles. The summed E-state index contributed by atoms with van der Waals surface area (Å²) >= 11 is 0. The van der Waals surface area contributed by atoms with E-state index in [9.17, 15) is 9.82 Å². The number of urea groups is 1. The van der Waals surface area contributed by atoms with Crippen molar-refractivity contribution in [2.75, 3.05) is 13.1 Å². The van der Waals surface area contributed by atoms with Crippen LogP contribution in [0.15, 0.2) is 24.4 Å². The van der Waals surface area contributed by atoms with Gasteiger partial charge in [-0.25, -0.2) is 9.78 Å². The zero-order valence-corrected chi connectivity index (χ0v) is 14.6. The van der Waals surface area contributed by atoms with Crippen molar-refractivity contribution in [3.05, 3.63) is 30.0 Å². The maximum absolute atomic E-state index is 12.2. The number of aromatic amines is 1. The molecule has 1 aliphatic carbocycles. The largest absolute Gasteiger partial charge is 0.552 e. The summed E-state index contributed by atoms with van der Waals surface area (Å²) in [6.07, 6.45) is 5.10. The van der Waals surface area contributed by atoms with Gasteiger partial charge in [-0.3, -0.25) is 0 Å². The van der Waals surface area contributed by atoms with Crippen molar-refractivity contribution in [1.82, 2.24) is 20.2 Å². The molecule has 0 unspecified atom stereocenters. The molecular formula is C18H18BN5O3. The van der Waals surface area contributed by atoms with Gasteiger partial charge in [0.2, 0.25) is 0 Å². The molecule has 0 atom stereocenters. The van der Waals surface area contributed by atoms with Crippen molar-refractivity contribution in [3.63, 3.8) is 0 Å². The predicted octanol–water partition coefficient (Wildman–Crippen LogP) is 1.30. The van der Waals surface area contributed by atoms with Gasteiger partial charge in [0.15, 0.2) is 0 Å². The van der Waals surface area contributed by atoms with E-state index in [1.807, 2.05) is 12.3 Å². The zero-order chi connectivity index (χ0) is 18.5. The number of H-pyrrole nitrogens is 1. The lowest BCUT2D eigenvalue weighted by molar-refractivity contribution is 0.133. The smallest absolute Gasteiger partial charge is 0.531 e. The van der Waals surface area contributed by atoms with E-state index in [2.05, 4.69) is 21.4 Å². The van der Waals surface area contributed by atoms with Gasteiger partial charge in [0, 0.05) is 36.3 Å². The molecule has 1 saturated carbocycles. The van der Waals surface area contributed by atoms with E-state index in [1.54, 1.807) is 17.1 Å². The van der Waals surface area contributed by atoms with Crippen LogP contribution in [0.25, 0.3) is 16.6 Å². The first-order valence-corrected chi connectivity index (χ1v) is 9.10. The fraction of sp³-hybridized carbons (Fsp3) is 0.389. The number of nitriles is 1. The average molecular weight is 363 g/mol. The Kier molecular flexibility index (Phi) is 3.62. The van der Waals surface area contributed by atoms with Crippen LogP contribution in [-0.4, -0.2) is 52.2 Å². The number of carbonyl (C=O) groups is 1. The lowest BCUT2D eigenvalue weighted by Gasteiger charge is -2.42. The highest BCUT2D eigenvalue weighted by Crippen LogP contribution is 2.46. The number of carbonyl (C=O) groups excluding carboxylic acids is 1. The van der Waals surface area contributed by atoms with Crippen LogP contribution in [0, 0.1) is 23.2 Å². The number of amides is 2. The van der Waals surface area contributed by atoms with Crippen LogP contribution in [0.3, 0.4) is 0 Å². The second-order valence-electron chi connectivity index (χ2n) is 7.41. The van der Waals surface area contributed by atoms with Crippen LogP contribution in [0.5, 0.6) is 5.75 Å². The standard InChI is InChI=1S/C18H18BN5O3/c20-6-10-8-24(9-10)18(25)23-12-3-11(4-12)14-5-19(26)27-15-7-22-17-13(16(14)15)1-2-21-17/h1-2,5,7,10-12,26H,3-4,8-9H2,(H,21,22)(H,23,25)/t11-,12+. The highest BCUT2D eigenvalue weighted by atomic mass is 16.5. The summed E-state index contributed by atoms with van der Waals surface area (Å²) in [5, 5.41) is 22.9. The summed E-state index contributed by atoms with van der Waals surface area (Å²) in [4.78, 5) is 21.3. The minimum atomic E-state index is -0.983. The number of allylic oxidation sites excluding steroid dienone is 1. The Morgan fingerprint density at radius 1 is 1.48 bits per heavy atom. The van der Waals surface area contributed by atoms with Crippen molar-refractivity contribution in [1.29, 1.82) is 5.26 Å². The number of nitrogens with zero attached hydrogens (tertiary/aromatic N) is 3. The third-order valence-corrected chi connectivity index (χ3v) is 5.67. The van der Waals surface area contributed by atoms with E-state index in [0.717, 1.165) is 35.0 Å². The van der Waals surface area contributed by atoms with E-state index < -0.39 is 7.12 Å². The first-order valence-electron chi connectivity index (χ1n) is 9.10. The fourth-order valence-corrected chi connectivity index (χ4v) is 4.10. The van der Waals surface area contributed by atoms with Gasteiger partial charge in [-0.1, -0.05) is 0 Å². The fourth-order valence-electron chi connectivity index (χ4n) is 4.10. The molecule has 0 aromatic carbocycles. The molecule has 9 heteroatoms. The summed E-state index contributed by atoms with van der Waals surface area (Å²) in [6.45, 7) is 1.03. The molecule has 136 valence electrons. The molecule has 2 fully saturated rings. The number of hydrogen-bond donors (Lipinski definition) is 3. The number of nitrogens with one attached hydrogen (secondary N) is 2. The Morgan fingerprint density at radius 3 is 3.07 bits per heavy atom.